The molecule has 1 atom stereocenters. The molecule has 0 bridgehead atoms. The molecule has 6 heteroatoms. The summed E-state index contributed by atoms with van der Waals surface area (Å²) >= 11 is 0. The molecule has 0 spiro atoms. The Morgan fingerprint density at radius 1 is 1.63 bits per heavy atom. The van der Waals surface area contributed by atoms with E-state index in [0.29, 0.717) is 18.2 Å². The average molecular weight is 260 g/mol. The van der Waals surface area contributed by atoms with Gasteiger partial charge in [0.25, 0.3) is 5.69 Å². The number of nitrogens with two attached hydrogens (primary N) is 1. The van der Waals surface area contributed by atoms with E-state index in [1.807, 2.05) is 13.0 Å². The molecule has 1 aromatic rings. The number of anilines is 1. The standard InChI is InChI=1S/C13H16N4O2/c1-13(8-15,10-2-3-10)16-11-4-5-12(17(18)19)9(6-11)7-14/h4-6,10,16H,2-3,8,15H2,1H3. The van der Waals surface area contributed by atoms with Gasteiger partial charge in [0.15, 0.2) is 0 Å². The molecule has 100 valence electrons. The van der Waals surface area contributed by atoms with Crippen LogP contribution in [0.3, 0.4) is 0 Å². The van der Waals surface area contributed by atoms with E-state index < -0.39 is 4.92 Å². The maximum absolute atomic E-state index is 10.8. The second-order valence-electron chi connectivity index (χ2n) is 5.12. The van der Waals surface area contributed by atoms with Gasteiger partial charge in [-0.1, -0.05) is 0 Å². The van der Waals surface area contributed by atoms with Gasteiger partial charge in [-0.2, -0.15) is 5.26 Å². The van der Waals surface area contributed by atoms with E-state index in [4.69, 9.17) is 11.0 Å². The van der Waals surface area contributed by atoms with Gasteiger partial charge in [0, 0.05) is 23.8 Å². The molecule has 6 nitrogen and oxygen atoms in total. The minimum absolute atomic E-state index is 0.0603. The summed E-state index contributed by atoms with van der Waals surface area (Å²) in [6.07, 6.45) is 2.28. The van der Waals surface area contributed by atoms with Gasteiger partial charge in [-0.05, 0) is 37.8 Å². The van der Waals surface area contributed by atoms with E-state index in [0.717, 1.165) is 12.8 Å². The summed E-state index contributed by atoms with van der Waals surface area (Å²) in [5, 5.41) is 23.0. The van der Waals surface area contributed by atoms with Gasteiger partial charge in [0.2, 0.25) is 0 Å². The molecule has 1 fully saturated rings. The topological polar surface area (TPSA) is 105 Å². The van der Waals surface area contributed by atoms with E-state index in [9.17, 15) is 10.1 Å². The molecule has 0 radical (unpaired) electrons. The van der Waals surface area contributed by atoms with Crippen LogP contribution in [0.25, 0.3) is 0 Å². The molecule has 19 heavy (non-hydrogen) atoms. The first-order valence-electron chi connectivity index (χ1n) is 6.17. The first-order chi connectivity index (χ1) is 9.00. The number of hydrogen-bond acceptors (Lipinski definition) is 5. The van der Waals surface area contributed by atoms with Crippen LogP contribution in [0.15, 0.2) is 18.2 Å². The molecule has 2 rings (SSSR count). The zero-order chi connectivity index (χ0) is 14.0. The van der Waals surface area contributed by atoms with Gasteiger partial charge in [-0.25, -0.2) is 0 Å². The third-order valence-corrected chi connectivity index (χ3v) is 3.65. The van der Waals surface area contributed by atoms with Crippen molar-refractivity contribution in [2.75, 3.05) is 11.9 Å². The number of nitriles is 1. The zero-order valence-electron chi connectivity index (χ0n) is 10.7. The Morgan fingerprint density at radius 2 is 2.32 bits per heavy atom. The van der Waals surface area contributed by atoms with E-state index >= 15 is 0 Å². The maximum Gasteiger partial charge on any atom is 0.287 e. The Balaban J connectivity index is 2.27. The third-order valence-electron chi connectivity index (χ3n) is 3.65. The van der Waals surface area contributed by atoms with Crippen molar-refractivity contribution in [2.24, 2.45) is 11.7 Å². The lowest BCUT2D eigenvalue weighted by Gasteiger charge is -2.30. The van der Waals surface area contributed by atoms with Crippen LogP contribution in [-0.4, -0.2) is 17.0 Å². The first-order valence-corrected chi connectivity index (χ1v) is 6.17. The van der Waals surface area contributed by atoms with E-state index in [1.54, 1.807) is 6.07 Å². The highest BCUT2D eigenvalue weighted by Crippen LogP contribution is 2.41. The number of nitrogens with zero attached hydrogens (tertiary/aromatic N) is 2. The largest absolute Gasteiger partial charge is 0.378 e. The van der Waals surface area contributed by atoms with Crippen molar-refractivity contribution in [3.05, 3.63) is 33.9 Å². The van der Waals surface area contributed by atoms with Crippen LogP contribution in [-0.2, 0) is 0 Å². The minimum Gasteiger partial charge on any atom is -0.378 e. The molecule has 1 aliphatic carbocycles. The molecule has 0 aliphatic heterocycles. The summed E-state index contributed by atoms with van der Waals surface area (Å²) in [5.41, 5.74) is 6.17. The Hall–Kier alpha value is -2.13. The Morgan fingerprint density at radius 3 is 2.79 bits per heavy atom. The highest BCUT2D eigenvalue weighted by atomic mass is 16.6. The molecule has 3 N–H and O–H groups in total. The number of rotatable bonds is 5. The van der Waals surface area contributed by atoms with Crippen molar-refractivity contribution in [2.45, 2.75) is 25.3 Å². The fraction of sp³-hybridized carbons (Fsp3) is 0.462. The highest BCUT2D eigenvalue weighted by molar-refractivity contribution is 5.59. The van der Waals surface area contributed by atoms with Gasteiger partial charge in [-0.15, -0.1) is 0 Å². The van der Waals surface area contributed by atoms with Crippen molar-refractivity contribution in [3.63, 3.8) is 0 Å². The lowest BCUT2D eigenvalue weighted by atomic mass is 9.95. The summed E-state index contributed by atoms with van der Waals surface area (Å²) in [6.45, 7) is 2.52. The number of nitro benzene ring substituents is 1. The number of nitro groups is 1. The zero-order valence-corrected chi connectivity index (χ0v) is 10.7. The van der Waals surface area contributed by atoms with E-state index in [-0.39, 0.29) is 16.8 Å². The lowest BCUT2D eigenvalue weighted by Crippen LogP contribution is -2.44. The first kappa shape index (κ1) is 13.3. The molecule has 1 aliphatic rings. The van der Waals surface area contributed by atoms with E-state index in [2.05, 4.69) is 5.32 Å². The minimum atomic E-state index is -0.550. The molecule has 0 amide bonds. The number of nitrogens with one attached hydrogen (secondary N) is 1. The van der Waals surface area contributed by atoms with Crippen LogP contribution in [0.4, 0.5) is 11.4 Å². The molecular weight excluding hydrogens is 244 g/mol. The normalized spacial score (nSPS) is 17.3. The van der Waals surface area contributed by atoms with Gasteiger partial charge < -0.3 is 11.1 Å². The van der Waals surface area contributed by atoms with Crippen LogP contribution < -0.4 is 11.1 Å². The fourth-order valence-electron chi connectivity index (χ4n) is 2.23. The summed E-state index contributed by atoms with van der Waals surface area (Å²) < 4.78 is 0. The lowest BCUT2D eigenvalue weighted by molar-refractivity contribution is -0.385. The molecule has 1 aromatic carbocycles. The Labute approximate surface area is 111 Å². The Bertz CT molecular complexity index is 548. The smallest absolute Gasteiger partial charge is 0.287 e. The fourth-order valence-corrected chi connectivity index (χ4v) is 2.23. The van der Waals surface area contributed by atoms with Crippen molar-refractivity contribution in [1.29, 1.82) is 5.26 Å². The van der Waals surface area contributed by atoms with E-state index in [1.165, 1.54) is 12.1 Å². The third kappa shape index (κ3) is 2.66. The second kappa shape index (κ2) is 4.86. The van der Waals surface area contributed by atoms with Crippen molar-refractivity contribution >= 4 is 11.4 Å². The number of hydrogen-bond donors (Lipinski definition) is 2. The molecule has 1 saturated carbocycles. The molecule has 1 unspecified atom stereocenters. The monoisotopic (exact) mass is 260 g/mol. The summed E-state index contributed by atoms with van der Waals surface area (Å²) in [4.78, 5) is 10.2. The summed E-state index contributed by atoms with van der Waals surface area (Å²) in [6, 6.07) is 6.33. The van der Waals surface area contributed by atoms with Gasteiger partial charge >= 0.3 is 0 Å². The van der Waals surface area contributed by atoms with Crippen LogP contribution in [0, 0.1) is 27.4 Å². The van der Waals surface area contributed by atoms with Gasteiger partial charge in [-0.3, -0.25) is 10.1 Å². The van der Waals surface area contributed by atoms with Gasteiger partial charge in [0.05, 0.1) is 4.92 Å². The Kier molecular flexibility index (Phi) is 3.40. The van der Waals surface area contributed by atoms with Crippen molar-refractivity contribution in [3.8, 4) is 6.07 Å². The quantitative estimate of drug-likeness (QED) is 0.622. The molecular formula is C13H16N4O2. The predicted octanol–water partition coefficient (Wildman–Crippen LogP) is 2.01. The predicted molar refractivity (Wildman–Crippen MR) is 71.6 cm³/mol. The summed E-state index contributed by atoms with van der Waals surface area (Å²) in [7, 11) is 0. The van der Waals surface area contributed by atoms with Crippen molar-refractivity contribution < 1.29 is 4.92 Å². The van der Waals surface area contributed by atoms with Crippen LogP contribution in [0.5, 0.6) is 0 Å². The second-order valence-corrected chi connectivity index (χ2v) is 5.12. The van der Waals surface area contributed by atoms with Crippen LogP contribution >= 0.6 is 0 Å². The van der Waals surface area contributed by atoms with Crippen molar-refractivity contribution in [1.82, 2.24) is 0 Å². The average Bonchev–Trinajstić information content (AvgIpc) is 3.22. The van der Waals surface area contributed by atoms with Crippen LogP contribution in [0.1, 0.15) is 25.3 Å². The van der Waals surface area contributed by atoms with Gasteiger partial charge in [0.1, 0.15) is 11.6 Å². The highest BCUT2D eigenvalue weighted by Gasteiger charge is 2.40. The molecule has 0 saturated heterocycles. The van der Waals surface area contributed by atoms with Crippen LogP contribution in [0.2, 0.25) is 0 Å². The maximum atomic E-state index is 10.8. The summed E-state index contributed by atoms with van der Waals surface area (Å²) in [5.74, 6) is 0.526. The SMILES string of the molecule is CC(CN)(Nc1ccc([N+](=O)[O-])c(C#N)c1)C1CC1. The molecule has 0 aromatic heterocycles. The number of benzene rings is 1. The molecule has 0 heterocycles.